The van der Waals surface area contributed by atoms with Crippen LogP contribution in [0.4, 0.5) is 17.2 Å². The molecule has 1 aromatic carbocycles. The molecule has 2 heterocycles. The summed E-state index contributed by atoms with van der Waals surface area (Å²) in [4.78, 5) is 32.9. The number of pyridine rings is 1. The quantitative estimate of drug-likeness (QED) is 0.468. The fourth-order valence-corrected chi connectivity index (χ4v) is 4.33. The molecular formula is C22H22N4O4. The van der Waals surface area contributed by atoms with Gasteiger partial charge in [-0.1, -0.05) is 17.7 Å². The van der Waals surface area contributed by atoms with Gasteiger partial charge in [0.2, 0.25) is 0 Å². The molecule has 154 valence electrons. The number of allylic oxidation sites excluding steroid dienone is 1. The average molecular weight is 406 g/mol. The third-order valence-corrected chi connectivity index (χ3v) is 5.82. The summed E-state index contributed by atoms with van der Waals surface area (Å²) in [6.07, 6.45) is 3.63. The number of hydrogen-bond acceptors (Lipinski definition) is 7. The summed E-state index contributed by atoms with van der Waals surface area (Å²) in [6.45, 7) is 3.79. The molecule has 2 unspecified atom stereocenters. The lowest BCUT2D eigenvalue weighted by Crippen LogP contribution is -2.34. The van der Waals surface area contributed by atoms with Crippen LogP contribution >= 0.6 is 0 Å². The predicted molar refractivity (Wildman–Crippen MR) is 114 cm³/mol. The largest absolute Gasteiger partial charge is 0.468 e. The number of nitrogens with zero attached hydrogens (tertiary/aromatic N) is 3. The summed E-state index contributed by atoms with van der Waals surface area (Å²) in [7, 11) is 1.32. The zero-order valence-corrected chi connectivity index (χ0v) is 17.0. The van der Waals surface area contributed by atoms with Crippen molar-refractivity contribution in [3.05, 3.63) is 62.3 Å². The zero-order chi connectivity index (χ0) is 21.6. The van der Waals surface area contributed by atoms with E-state index in [-0.39, 0.29) is 5.69 Å². The van der Waals surface area contributed by atoms with Crippen molar-refractivity contribution in [3.63, 3.8) is 0 Å². The van der Waals surface area contributed by atoms with E-state index in [9.17, 15) is 14.9 Å². The summed E-state index contributed by atoms with van der Waals surface area (Å²) in [6, 6.07) is 6.27. The average Bonchev–Trinajstić information content (AvgIpc) is 2.72. The molecule has 1 aromatic heterocycles. The van der Waals surface area contributed by atoms with Gasteiger partial charge < -0.3 is 10.5 Å². The standard InChI is InChI=1S/C22H22N4O4/c1-11-7-8-15-16(9-11)25-21-19(20(15)23)18(17(12(2)24-21)22(27)30-3)13-5-4-6-14(10-13)26(28)29/h4-6,9-10,17-18H,7-8H2,1-3H3,(H2,23,25). The first-order chi connectivity index (χ1) is 14.3. The maximum atomic E-state index is 12.7. The van der Waals surface area contributed by atoms with Crippen LogP contribution in [-0.4, -0.2) is 28.7 Å². The number of ether oxygens (including phenoxy) is 1. The number of hydrogen-bond donors (Lipinski definition) is 1. The number of nitrogens with two attached hydrogens (primary N) is 1. The van der Waals surface area contributed by atoms with E-state index < -0.39 is 22.7 Å². The van der Waals surface area contributed by atoms with Crippen molar-refractivity contribution in [1.29, 1.82) is 0 Å². The molecule has 0 bridgehead atoms. The number of nitrogen functional groups attached to an aromatic ring is 1. The maximum absolute atomic E-state index is 12.7. The van der Waals surface area contributed by atoms with Crippen molar-refractivity contribution in [2.75, 3.05) is 12.8 Å². The first-order valence-corrected chi connectivity index (χ1v) is 9.68. The molecule has 8 heteroatoms. The molecule has 2 aromatic rings. The predicted octanol–water partition coefficient (Wildman–Crippen LogP) is 3.95. The number of rotatable bonds is 3. The van der Waals surface area contributed by atoms with Crippen LogP contribution in [0.15, 0.2) is 34.8 Å². The molecule has 2 aliphatic rings. The van der Waals surface area contributed by atoms with Gasteiger partial charge in [-0.05, 0) is 38.3 Å². The fraction of sp³-hybridized carbons (Fsp3) is 0.318. The molecule has 4 rings (SSSR count). The minimum atomic E-state index is -0.743. The molecule has 0 amide bonds. The Morgan fingerprint density at radius 2 is 2.07 bits per heavy atom. The maximum Gasteiger partial charge on any atom is 0.315 e. The molecule has 2 atom stereocenters. The zero-order valence-electron chi connectivity index (χ0n) is 17.0. The normalized spacial score (nSPS) is 19.8. The number of fused-ring (bicyclic) bond motifs is 2. The number of anilines is 1. The summed E-state index contributed by atoms with van der Waals surface area (Å²) in [5, 5.41) is 11.4. The molecule has 1 aliphatic carbocycles. The first kappa shape index (κ1) is 19.8. The second-order valence-electron chi connectivity index (χ2n) is 7.70. The second kappa shape index (κ2) is 7.37. The third-order valence-electron chi connectivity index (χ3n) is 5.82. The molecule has 8 nitrogen and oxygen atoms in total. The van der Waals surface area contributed by atoms with E-state index in [1.165, 1.54) is 24.8 Å². The van der Waals surface area contributed by atoms with Gasteiger partial charge in [-0.15, -0.1) is 0 Å². The lowest BCUT2D eigenvalue weighted by atomic mass is 9.75. The Labute approximate surface area is 173 Å². The fourth-order valence-electron chi connectivity index (χ4n) is 4.33. The molecule has 0 spiro atoms. The molecule has 1 aliphatic heterocycles. The van der Waals surface area contributed by atoms with Crippen LogP contribution in [0.3, 0.4) is 0 Å². The first-order valence-electron chi connectivity index (χ1n) is 9.68. The smallest absolute Gasteiger partial charge is 0.315 e. The van der Waals surface area contributed by atoms with Crippen LogP contribution in [0.2, 0.25) is 0 Å². The number of carbonyl (C=O) groups is 1. The topological polar surface area (TPSA) is 121 Å². The Hall–Kier alpha value is -3.55. The van der Waals surface area contributed by atoms with Crippen LogP contribution in [0.1, 0.15) is 48.6 Å². The Kier molecular flexibility index (Phi) is 4.85. The van der Waals surface area contributed by atoms with Crippen molar-refractivity contribution in [2.45, 2.75) is 32.6 Å². The van der Waals surface area contributed by atoms with E-state index in [1.807, 2.05) is 13.0 Å². The highest BCUT2D eigenvalue weighted by Gasteiger charge is 2.41. The van der Waals surface area contributed by atoms with Crippen LogP contribution in [0.25, 0.3) is 6.08 Å². The van der Waals surface area contributed by atoms with Gasteiger partial charge >= 0.3 is 5.97 Å². The SMILES string of the molecule is COC(=O)C1C(C)=Nc2nc3c(c(N)c2C1c1cccc([N+](=O)[O-])c1)CCC(C)=C3. The monoisotopic (exact) mass is 406 g/mol. The number of carbonyl (C=O) groups excluding carboxylic acids is 1. The number of benzene rings is 1. The number of aliphatic imine (C=N–C) groups is 1. The van der Waals surface area contributed by atoms with Crippen LogP contribution in [-0.2, 0) is 16.0 Å². The molecule has 0 radical (unpaired) electrons. The molecule has 0 saturated carbocycles. The van der Waals surface area contributed by atoms with Crippen LogP contribution < -0.4 is 5.73 Å². The number of nitro benzene ring substituents is 1. The molecule has 30 heavy (non-hydrogen) atoms. The van der Waals surface area contributed by atoms with Crippen molar-refractivity contribution >= 4 is 34.9 Å². The van der Waals surface area contributed by atoms with Gasteiger partial charge in [-0.25, -0.2) is 9.98 Å². The highest BCUT2D eigenvalue weighted by molar-refractivity contribution is 6.05. The van der Waals surface area contributed by atoms with Gasteiger partial charge in [-0.3, -0.25) is 14.9 Å². The number of methoxy groups -OCH3 is 1. The van der Waals surface area contributed by atoms with Crippen LogP contribution in [0.5, 0.6) is 0 Å². The third kappa shape index (κ3) is 3.14. The summed E-state index contributed by atoms with van der Waals surface area (Å²) in [5.41, 5.74) is 11.8. The Bertz CT molecular complexity index is 1140. The summed E-state index contributed by atoms with van der Waals surface area (Å²) >= 11 is 0. The van der Waals surface area contributed by atoms with E-state index in [4.69, 9.17) is 15.5 Å². The van der Waals surface area contributed by atoms with Gasteiger partial charge in [0.25, 0.3) is 5.69 Å². The van der Waals surface area contributed by atoms with Gasteiger partial charge in [0, 0.05) is 40.6 Å². The highest BCUT2D eigenvalue weighted by Crippen LogP contribution is 2.47. The Morgan fingerprint density at radius 3 is 2.77 bits per heavy atom. The van der Waals surface area contributed by atoms with Gasteiger partial charge in [0.05, 0.1) is 17.7 Å². The van der Waals surface area contributed by atoms with Crippen molar-refractivity contribution in [1.82, 2.24) is 4.98 Å². The van der Waals surface area contributed by atoms with E-state index in [0.29, 0.717) is 28.3 Å². The van der Waals surface area contributed by atoms with Crippen LogP contribution in [0, 0.1) is 16.0 Å². The van der Waals surface area contributed by atoms with E-state index in [0.717, 1.165) is 24.1 Å². The van der Waals surface area contributed by atoms with Gasteiger partial charge in [0.1, 0.15) is 5.92 Å². The summed E-state index contributed by atoms with van der Waals surface area (Å²) in [5.74, 6) is -1.33. The highest BCUT2D eigenvalue weighted by atomic mass is 16.6. The van der Waals surface area contributed by atoms with E-state index >= 15 is 0 Å². The van der Waals surface area contributed by atoms with Crippen molar-refractivity contribution < 1.29 is 14.5 Å². The lowest BCUT2D eigenvalue weighted by Gasteiger charge is -2.32. The Morgan fingerprint density at radius 1 is 1.30 bits per heavy atom. The second-order valence-corrected chi connectivity index (χ2v) is 7.70. The van der Waals surface area contributed by atoms with E-state index in [1.54, 1.807) is 19.1 Å². The number of nitro groups is 1. The van der Waals surface area contributed by atoms with E-state index in [2.05, 4.69) is 4.99 Å². The Balaban J connectivity index is 2.00. The minimum Gasteiger partial charge on any atom is -0.468 e. The minimum absolute atomic E-state index is 0.0547. The number of aromatic nitrogens is 1. The van der Waals surface area contributed by atoms with Crippen molar-refractivity contribution in [2.24, 2.45) is 10.9 Å². The number of non-ortho nitro benzene ring substituents is 1. The molecular weight excluding hydrogens is 384 g/mol. The molecule has 0 saturated heterocycles. The van der Waals surface area contributed by atoms with Gasteiger partial charge in [0.15, 0.2) is 5.82 Å². The summed E-state index contributed by atoms with van der Waals surface area (Å²) < 4.78 is 5.05. The molecule has 2 N–H and O–H groups in total. The van der Waals surface area contributed by atoms with Crippen molar-refractivity contribution in [3.8, 4) is 0 Å². The lowest BCUT2D eigenvalue weighted by molar-refractivity contribution is -0.384. The van der Waals surface area contributed by atoms with Gasteiger partial charge in [-0.2, -0.15) is 0 Å². The number of esters is 1. The molecule has 0 fully saturated rings.